The monoisotopic (exact) mass is 403 g/mol. The van der Waals surface area contributed by atoms with E-state index in [9.17, 15) is 15.2 Å². The van der Waals surface area contributed by atoms with Crippen LogP contribution < -0.4 is 16.0 Å². The molecule has 3 N–H and O–H groups in total. The maximum absolute atomic E-state index is 12.7. The number of ether oxygens (including phenoxy) is 1. The van der Waals surface area contributed by atoms with Crippen molar-refractivity contribution in [2.45, 2.75) is 38.0 Å². The summed E-state index contributed by atoms with van der Waals surface area (Å²) >= 11 is 3.34. The van der Waals surface area contributed by atoms with Gasteiger partial charge in [-0.1, -0.05) is 0 Å². The molecule has 0 spiro atoms. The first kappa shape index (κ1) is 17.5. The summed E-state index contributed by atoms with van der Waals surface area (Å²) in [6.45, 7) is 5.13. The summed E-state index contributed by atoms with van der Waals surface area (Å²) in [5.74, 6) is 0.519. The lowest BCUT2D eigenvalue weighted by Crippen LogP contribution is -2.60. The lowest BCUT2D eigenvalue weighted by Gasteiger charge is -2.50. The van der Waals surface area contributed by atoms with Crippen LogP contribution in [0.1, 0.15) is 37.9 Å². The minimum absolute atomic E-state index is 0.0625. The topological polar surface area (TPSA) is 101 Å². The highest BCUT2D eigenvalue weighted by atomic mass is 79.9. The highest BCUT2D eigenvalue weighted by molar-refractivity contribution is 9.10. The van der Waals surface area contributed by atoms with Crippen molar-refractivity contribution < 1.29 is 9.84 Å². The molecule has 0 bridgehead atoms. The fourth-order valence-corrected chi connectivity index (χ4v) is 3.60. The predicted molar refractivity (Wildman–Crippen MR) is 97.4 cm³/mol. The van der Waals surface area contributed by atoms with Gasteiger partial charge in [-0.15, -0.1) is 0 Å². The molecule has 0 amide bonds. The number of rotatable bonds is 1. The van der Waals surface area contributed by atoms with E-state index in [0.717, 1.165) is 0 Å². The van der Waals surface area contributed by atoms with Crippen molar-refractivity contribution in [2.24, 2.45) is 0 Å². The number of halogens is 1. The second kappa shape index (κ2) is 5.61. The molecular formula is C18H18BrN3O3. The van der Waals surface area contributed by atoms with Crippen LogP contribution in [0.15, 0.2) is 39.7 Å². The molecule has 2 unspecified atom stereocenters. The Morgan fingerprint density at radius 2 is 2.04 bits per heavy atom. The fraction of sp³-hybridized carbons (Fsp3) is 0.333. The normalized spacial score (nSPS) is 24.1. The van der Waals surface area contributed by atoms with Crippen LogP contribution in [0, 0.1) is 11.3 Å². The van der Waals surface area contributed by atoms with Gasteiger partial charge in [-0.2, -0.15) is 5.26 Å². The average molecular weight is 404 g/mol. The van der Waals surface area contributed by atoms with Crippen molar-refractivity contribution in [1.82, 2.24) is 4.57 Å². The maximum atomic E-state index is 12.7. The number of aliphatic hydroxyl groups is 1. The van der Waals surface area contributed by atoms with Crippen LogP contribution in [0.3, 0.4) is 0 Å². The van der Waals surface area contributed by atoms with Gasteiger partial charge in [0.25, 0.3) is 5.56 Å². The summed E-state index contributed by atoms with van der Waals surface area (Å²) < 4.78 is 7.97. The van der Waals surface area contributed by atoms with E-state index in [4.69, 9.17) is 10.5 Å². The molecule has 2 aromatic rings. The van der Waals surface area contributed by atoms with Crippen molar-refractivity contribution in [3.63, 3.8) is 0 Å². The Labute approximate surface area is 153 Å². The molecule has 3 rings (SSSR count). The molecule has 0 fully saturated rings. The Bertz CT molecular complexity index is 957. The van der Waals surface area contributed by atoms with Crippen LogP contribution in [0.2, 0.25) is 0 Å². The molecule has 1 aliphatic rings. The van der Waals surface area contributed by atoms with Crippen LogP contribution in [-0.2, 0) is 0 Å². The van der Waals surface area contributed by atoms with Gasteiger partial charge >= 0.3 is 0 Å². The van der Waals surface area contributed by atoms with Gasteiger partial charge < -0.3 is 20.1 Å². The Balaban J connectivity index is 2.38. The van der Waals surface area contributed by atoms with Crippen LogP contribution in [0.4, 0.5) is 5.69 Å². The van der Waals surface area contributed by atoms with Crippen molar-refractivity contribution >= 4 is 21.6 Å². The van der Waals surface area contributed by atoms with Crippen molar-refractivity contribution in [2.75, 3.05) is 5.73 Å². The number of nitrogens with two attached hydrogens (primary N) is 1. The molecule has 1 aromatic heterocycles. The van der Waals surface area contributed by atoms with Gasteiger partial charge in [0.2, 0.25) is 0 Å². The van der Waals surface area contributed by atoms with Gasteiger partial charge in [-0.05, 0) is 61.0 Å². The first-order valence-corrected chi connectivity index (χ1v) is 8.50. The standard InChI is InChI=1S/C18H18BrN3O3/c1-17(2)18(3,24)15(22-9-11(19)7-13(21)16(22)23)12-6-10(8-20)4-5-14(12)25-17/h4-7,9,15,24H,21H2,1-3H3. The minimum Gasteiger partial charge on any atom is -0.484 e. The van der Waals surface area contributed by atoms with Crippen molar-refractivity contribution in [3.05, 3.63) is 56.4 Å². The Kier molecular flexibility index (Phi) is 3.93. The summed E-state index contributed by atoms with van der Waals surface area (Å²) in [5, 5.41) is 20.5. The number of hydrogen-bond donors (Lipinski definition) is 2. The quantitative estimate of drug-likeness (QED) is 0.761. The predicted octanol–water partition coefficient (Wildman–Crippen LogP) is 2.58. The Morgan fingerprint density at radius 3 is 2.68 bits per heavy atom. The fourth-order valence-electron chi connectivity index (χ4n) is 3.14. The number of nitrogens with zero attached hydrogens (tertiary/aromatic N) is 2. The van der Waals surface area contributed by atoms with Crippen LogP contribution >= 0.6 is 15.9 Å². The first-order chi connectivity index (χ1) is 11.6. The number of nitrogen functional groups attached to an aromatic ring is 1. The smallest absolute Gasteiger partial charge is 0.274 e. The van der Waals surface area contributed by atoms with E-state index in [2.05, 4.69) is 22.0 Å². The van der Waals surface area contributed by atoms with Gasteiger partial charge in [0.1, 0.15) is 17.0 Å². The second-order valence-corrected chi connectivity index (χ2v) is 7.77. The molecule has 0 radical (unpaired) electrons. The summed E-state index contributed by atoms with van der Waals surface area (Å²) in [7, 11) is 0. The zero-order valence-corrected chi connectivity index (χ0v) is 15.7. The largest absolute Gasteiger partial charge is 0.484 e. The van der Waals surface area contributed by atoms with Gasteiger partial charge in [-0.25, -0.2) is 0 Å². The van der Waals surface area contributed by atoms with Gasteiger partial charge in [0.15, 0.2) is 0 Å². The number of fused-ring (bicyclic) bond motifs is 1. The number of pyridine rings is 1. The van der Waals surface area contributed by atoms with E-state index < -0.39 is 22.8 Å². The van der Waals surface area contributed by atoms with E-state index in [0.29, 0.717) is 21.3 Å². The van der Waals surface area contributed by atoms with E-state index in [1.54, 1.807) is 45.2 Å². The molecule has 0 aliphatic carbocycles. The zero-order valence-electron chi connectivity index (χ0n) is 14.1. The van der Waals surface area contributed by atoms with E-state index in [1.807, 2.05) is 0 Å². The van der Waals surface area contributed by atoms with Crippen molar-refractivity contribution in [3.8, 4) is 11.8 Å². The Morgan fingerprint density at radius 1 is 1.36 bits per heavy atom. The third-order valence-corrected chi connectivity index (χ3v) is 5.30. The zero-order chi connectivity index (χ0) is 18.6. The molecule has 7 heteroatoms. The number of hydrogen-bond acceptors (Lipinski definition) is 5. The molecule has 25 heavy (non-hydrogen) atoms. The maximum Gasteiger partial charge on any atom is 0.274 e. The SMILES string of the molecule is CC1(C)Oc2ccc(C#N)cc2C(n2cc(Br)cc(N)c2=O)C1(C)O. The summed E-state index contributed by atoms with van der Waals surface area (Å²) in [5.41, 5.74) is 4.03. The lowest BCUT2D eigenvalue weighted by molar-refractivity contribution is -0.139. The van der Waals surface area contributed by atoms with Gasteiger partial charge in [-0.3, -0.25) is 4.79 Å². The van der Waals surface area contributed by atoms with Crippen LogP contribution in [0.25, 0.3) is 0 Å². The number of benzene rings is 1. The van der Waals surface area contributed by atoms with Crippen LogP contribution in [-0.4, -0.2) is 20.9 Å². The molecular weight excluding hydrogens is 386 g/mol. The average Bonchev–Trinajstić information content (AvgIpc) is 2.52. The highest BCUT2D eigenvalue weighted by Gasteiger charge is 2.53. The highest BCUT2D eigenvalue weighted by Crippen LogP contribution is 2.48. The van der Waals surface area contributed by atoms with E-state index in [1.165, 1.54) is 10.6 Å². The number of nitriles is 1. The molecule has 2 atom stereocenters. The molecule has 2 heterocycles. The number of anilines is 1. The Hall–Kier alpha value is -2.30. The van der Waals surface area contributed by atoms with Crippen molar-refractivity contribution in [1.29, 1.82) is 5.26 Å². The van der Waals surface area contributed by atoms with E-state index in [-0.39, 0.29) is 5.69 Å². The molecule has 0 saturated heterocycles. The summed E-state index contributed by atoms with van der Waals surface area (Å²) in [6, 6.07) is 7.78. The van der Waals surface area contributed by atoms with Gasteiger partial charge in [0.05, 0.1) is 23.4 Å². The van der Waals surface area contributed by atoms with E-state index >= 15 is 0 Å². The number of aromatic nitrogens is 1. The lowest BCUT2D eigenvalue weighted by atomic mass is 9.75. The summed E-state index contributed by atoms with van der Waals surface area (Å²) in [6.07, 6.45) is 1.59. The second-order valence-electron chi connectivity index (χ2n) is 6.85. The third kappa shape index (κ3) is 2.62. The minimum atomic E-state index is -1.44. The van der Waals surface area contributed by atoms with Crippen LogP contribution in [0.5, 0.6) is 5.75 Å². The first-order valence-electron chi connectivity index (χ1n) is 7.71. The molecule has 1 aromatic carbocycles. The summed E-state index contributed by atoms with van der Waals surface area (Å²) in [4.78, 5) is 12.7. The molecule has 6 nitrogen and oxygen atoms in total. The van der Waals surface area contributed by atoms with Gasteiger partial charge in [0, 0.05) is 16.2 Å². The molecule has 1 aliphatic heterocycles. The molecule has 0 saturated carbocycles. The molecule has 130 valence electrons. The third-order valence-electron chi connectivity index (χ3n) is 4.87.